The summed E-state index contributed by atoms with van der Waals surface area (Å²) in [6, 6.07) is 8.79. The van der Waals surface area contributed by atoms with Crippen molar-refractivity contribution < 1.29 is 18.7 Å². The molecule has 0 fully saturated rings. The van der Waals surface area contributed by atoms with Crippen molar-refractivity contribution in [1.29, 1.82) is 0 Å². The number of methoxy groups -OCH3 is 1. The molecule has 0 heterocycles. The highest BCUT2D eigenvalue weighted by molar-refractivity contribution is 6.42. The maximum Gasteiger partial charge on any atom is 0.313 e. The number of halogens is 3. The zero-order valence-electron chi connectivity index (χ0n) is 13.5. The van der Waals surface area contributed by atoms with Crippen molar-refractivity contribution in [3.8, 4) is 5.75 Å². The summed E-state index contributed by atoms with van der Waals surface area (Å²) in [4.78, 5) is 25.4. The summed E-state index contributed by atoms with van der Waals surface area (Å²) >= 11 is 11.7. The highest BCUT2D eigenvalue weighted by atomic mass is 35.5. The number of carbonyl (C=O) groups excluding carboxylic acids is 2. The molecule has 0 aliphatic heterocycles. The summed E-state index contributed by atoms with van der Waals surface area (Å²) in [6.07, 6.45) is 0. The molecule has 0 atom stereocenters. The third kappa shape index (κ3) is 4.84. The first kappa shape index (κ1) is 19.0. The van der Waals surface area contributed by atoms with Crippen LogP contribution in [0.15, 0.2) is 36.4 Å². The molecule has 2 rings (SSSR count). The SMILES string of the molecule is COc1ccc(CN(C)C(=O)C(=O)Nc2ccc(Cl)c(Cl)c2)cc1F. The predicted octanol–water partition coefficient (Wildman–Crippen LogP) is 3.74. The molecule has 5 nitrogen and oxygen atoms in total. The van der Waals surface area contributed by atoms with Crippen LogP contribution in [-0.4, -0.2) is 30.9 Å². The second-order valence-corrected chi connectivity index (χ2v) is 6.03. The van der Waals surface area contributed by atoms with Gasteiger partial charge in [0.1, 0.15) is 0 Å². The van der Waals surface area contributed by atoms with Crippen molar-refractivity contribution in [1.82, 2.24) is 4.90 Å². The first-order valence-electron chi connectivity index (χ1n) is 7.15. The lowest BCUT2D eigenvalue weighted by Gasteiger charge is -2.17. The van der Waals surface area contributed by atoms with Crippen molar-refractivity contribution in [2.24, 2.45) is 0 Å². The second kappa shape index (κ2) is 8.18. The van der Waals surface area contributed by atoms with Crippen LogP contribution in [0.1, 0.15) is 5.56 Å². The van der Waals surface area contributed by atoms with Gasteiger partial charge in [0.25, 0.3) is 0 Å². The molecular formula is C17H15Cl2FN2O3. The molecule has 2 aromatic rings. The number of nitrogens with one attached hydrogen (secondary N) is 1. The van der Waals surface area contributed by atoms with Crippen LogP contribution in [0.2, 0.25) is 10.0 Å². The summed E-state index contributed by atoms with van der Waals surface area (Å²) in [7, 11) is 2.81. The van der Waals surface area contributed by atoms with Crippen molar-refractivity contribution >= 4 is 40.7 Å². The Labute approximate surface area is 154 Å². The summed E-state index contributed by atoms with van der Waals surface area (Å²) in [5.41, 5.74) is 0.869. The Morgan fingerprint density at radius 1 is 1.16 bits per heavy atom. The standard InChI is InChI=1S/C17H15Cl2FN2O3/c1-22(9-10-3-6-15(25-2)14(20)7-10)17(24)16(23)21-11-4-5-12(18)13(19)8-11/h3-8H,9H2,1-2H3,(H,21,23). The largest absolute Gasteiger partial charge is 0.494 e. The number of anilines is 1. The van der Waals surface area contributed by atoms with E-state index in [0.717, 1.165) is 0 Å². The lowest BCUT2D eigenvalue weighted by molar-refractivity contribution is -0.142. The van der Waals surface area contributed by atoms with E-state index in [-0.39, 0.29) is 17.3 Å². The van der Waals surface area contributed by atoms with Crippen molar-refractivity contribution in [2.75, 3.05) is 19.5 Å². The molecule has 2 aromatic carbocycles. The molecule has 0 aromatic heterocycles. The number of benzene rings is 2. The molecule has 0 aliphatic rings. The Hall–Kier alpha value is -2.31. The third-order valence-electron chi connectivity index (χ3n) is 3.35. The van der Waals surface area contributed by atoms with Gasteiger partial charge in [0.05, 0.1) is 17.2 Å². The van der Waals surface area contributed by atoms with Gasteiger partial charge < -0.3 is 15.0 Å². The minimum atomic E-state index is -0.838. The van der Waals surface area contributed by atoms with E-state index in [1.165, 1.54) is 49.4 Å². The van der Waals surface area contributed by atoms with Gasteiger partial charge in [0.15, 0.2) is 11.6 Å². The molecule has 0 spiro atoms. The van der Waals surface area contributed by atoms with Crippen LogP contribution in [0, 0.1) is 5.82 Å². The maximum absolute atomic E-state index is 13.7. The van der Waals surface area contributed by atoms with Crippen LogP contribution in [0.5, 0.6) is 5.75 Å². The first-order valence-corrected chi connectivity index (χ1v) is 7.91. The van der Waals surface area contributed by atoms with E-state index in [1.807, 2.05) is 0 Å². The summed E-state index contributed by atoms with van der Waals surface area (Å²) in [6.45, 7) is 0.0640. The molecular weight excluding hydrogens is 370 g/mol. The van der Waals surface area contributed by atoms with E-state index in [9.17, 15) is 14.0 Å². The fraction of sp³-hybridized carbons (Fsp3) is 0.176. The van der Waals surface area contributed by atoms with E-state index >= 15 is 0 Å². The van der Waals surface area contributed by atoms with Gasteiger partial charge in [0, 0.05) is 19.3 Å². The van der Waals surface area contributed by atoms with E-state index < -0.39 is 17.6 Å². The van der Waals surface area contributed by atoms with Crippen LogP contribution in [0.4, 0.5) is 10.1 Å². The predicted molar refractivity (Wildman–Crippen MR) is 94.5 cm³/mol. The Kier molecular flexibility index (Phi) is 6.22. The van der Waals surface area contributed by atoms with Gasteiger partial charge in [-0.1, -0.05) is 29.3 Å². The second-order valence-electron chi connectivity index (χ2n) is 5.21. The molecule has 0 unspecified atom stereocenters. The Balaban J connectivity index is 2.02. The van der Waals surface area contributed by atoms with Gasteiger partial charge in [-0.15, -0.1) is 0 Å². The molecule has 0 aliphatic carbocycles. The summed E-state index contributed by atoms with van der Waals surface area (Å²) in [5, 5.41) is 3.03. The Morgan fingerprint density at radius 3 is 2.48 bits per heavy atom. The Morgan fingerprint density at radius 2 is 1.88 bits per heavy atom. The fourth-order valence-corrected chi connectivity index (χ4v) is 2.38. The lowest BCUT2D eigenvalue weighted by atomic mass is 10.2. The summed E-state index contributed by atoms with van der Waals surface area (Å²) < 4.78 is 18.5. The molecule has 8 heteroatoms. The van der Waals surface area contributed by atoms with E-state index in [0.29, 0.717) is 16.3 Å². The van der Waals surface area contributed by atoms with Gasteiger partial charge in [-0.2, -0.15) is 0 Å². The van der Waals surface area contributed by atoms with Crippen molar-refractivity contribution in [2.45, 2.75) is 6.54 Å². The van der Waals surface area contributed by atoms with Crippen LogP contribution < -0.4 is 10.1 Å². The van der Waals surface area contributed by atoms with Gasteiger partial charge in [-0.05, 0) is 35.9 Å². The monoisotopic (exact) mass is 384 g/mol. The summed E-state index contributed by atoms with van der Waals surface area (Å²) in [5.74, 6) is -2.05. The molecule has 0 bridgehead atoms. The topological polar surface area (TPSA) is 58.6 Å². The molecule has 0 saturated heterocycles. The van der Waals surface area contributed by atoms with E-state index in [4.69, 9.17) is 27.9 Å². The normalized spacial score (nSPS) is 10.3. The number of hydrogen-bond acceptors (Lipinski definition) is 3. The lowest BCUT2D eigenvalue weighted by Crippen LogP contribution is -2.36. The van der Waals surface area contributed by atoms with Crippen LogP contribution >= 0.6 is 23.2 Å². The molecule has 1 N–H and O–H groups in total. The average molecular weight is 385 g/mol. The molecule has 132 valence electrons. The minimum Gasteiger partial charge on any atom is -0.494 e. The molecule has 25 heavy (non-hydrogen) atoms. The fourth-order valence-electron chi connectivity index (χ4n) is 2.09. The quantitative estimate of drug-likeness (QED) is 0.816. The highest BCUT2D eigenvalue weighted by Crippen LogP contribution is 2.25. The van der Waals surface area contributed by atoms with E-state index in [2.05, 4.69) is 5.32 Å². The van der Waals surface area contributed by atoms with Gasteiger partial charge in [0.2, 0.25) is 0 Å². The number of amides is 2. The van der Waals surface area contributed by atoms with Crippen molar-refractivity contribution in [3.05, 3.63) is 57.8 Å². The smallest absolute Gasteiger partial charge is 0.313 e. The molecule has 0 radical (unpaired) electrons. The minimum absolute atomic E-state index is 0.0640. The third-order valence-corrected chi connectivity index (χ3v) is 4.09. The van der Waals surface area contributed by atoms with Gasteiger partial charge in [-0.25, -0.2) is 4.39 Å². The number of ether oxygens (including phenoxy) is 1. The van der Waals surface area contributed by atoms with Gasteiger partial charge >= 0.3 is 11.8 Å². The number of nitrogens with zero attached hydrogens (tertiary/aromatic N) is 1. The number of likely N-dealkylation sites (N-methyl/N-ethyl adjacent to an activating group) is 1. The molecule has 0 saturated carbocycles. The van der Waals surface area contributed by atoms with Crippen molar-refractivity contribution in [3.63, 3.8) is 0 Å². The first-order chi connectivity index (χ1) is 11.8. The van der Waals surface area contributed by atoms with Crippen LogP contribution in [-0.2, 0) is 16.1 Å². The number of carbonyl (C=O) groups is 2. The Bertz CT molecular complexity index is 814. The maximum atomic E-state index is 13.7. The van der Waals surface area contributed by atoms with Crippen LogP contribution in [0.25, 0.3) is 0 Å². The van der Waals surface area contributed by atoms with Crippen LogP contribution in [0.3, 0.4) is 0 Å². The highest BCUT2D eigenvalue weighted by Gasteiger charge is 2.19. The zero-order valence-corrected chi connectivity index (χ0v) is 15.0. The average Bonchev–Trinajstić information content (AvgIpc) is 2.57. The van der Waals surface area contributed by atoms with E-state index in [1.54, 1.807) is 6.07 Å². The molecule has 2 amide bonds. The zero-order chi connectivity index (χ0) is 18.6. The number of hydrogen-bond donors (Lipinski definition) is 1. The number of rotatable bonds is 4. The van der Waals surface area contributed by atoms with Gasteiger partial charge in [-0.3, -0.25) is 9.59 Å².